The molecule has 2 rings (SSSR count). The SMILES string of the molecule is CC(=O)c1ccc2cc(O)cc(Cl)c2c1. The van der Waals surface area contributed by atoms with Gasteiger partial charge in [-0.1, -0.05) is 23.7 Å². The maximum atomic E-state index is 11.2. The fourth-order valence-corrected chi connectivity index (χ4v) is 1.79. The number of Topliss-reactive ketones (excluding diaryl/α,β-unsaturated/α-hetero) is 1. The molecule has 0 aliphatic carbocycles. The van der Waals surface area contributed by atoms with Crippen molar-refractivity contribution in [2.45, 2.75) is 6.92 Å². The number of hydrogen-bond acceptors (Lipinski definition) is 2. The van der Waals surface area contributed by atoms with Crippen LogP contribution in [0.4, 0.5) is 0 Å². The molecule has 15 heavy (non-hydrogen) atoms. The largest absolute Gasteiger partial charge is 0.508 e. The minimum absolute atomic E-state index is 0.000965. The van der Waals surface area contributed by atoms with Crippen LogP contribution in [0.1, 0.15) is 17.3 Å². The molecule has 2 aromatic carbocycles. The first kappa shape index (κ1) is 9.99. The van der Waals surface area contributed by atoms with Crippen LogP contribution >= 0.6 is 11.6 Å². The molecule has 0 saturated carbocycles. The van der Waals surface area contributed by atoms with Crippen molar-refractivity contribution < 1.29 is 9.90 Å². The van der Waals surface area contributed by atoms with E-state index in [9.17, 15) is 9.90 Å². The maximum absolute atomic E-state index is 11.2. The molecule has 0 heterocycles. The molecule has 0 unspecified atom stereocenters. The van der Waals surface area contributed by atoms with Gasteiger partial charge in [0.25, 0.3) is 0 Å². The van der Waals surface area contributed by atoms with Gasteiger partial charge >= 0.3 is 0 Å². The molecular weight excluding hydrogens is 212 g/mol. The highest BCUT2D eigenvalue weighted by Crippen LogP contribution is 2.29. The molecule has 3 heteroatoms. The number of hydrogen-bond donors (Lipinski definition) is 1. The van der Waals surface area contributed by atoms with Crippen LogP contribution in [0.3, 0.4) is 0 Å². The summed E-state index contributed by atoms with van der Waals surface area (Å²) in [6.45, 7) is 1.51. The molecule has 0 radical (unpaired) electrons. The lowest BCUT2D eigenvalue weighted by Crippen LogP contribution is -1.91. The molecule has 0 spiro atoms. The van der Waals surface area contributed by atoms with Gasteiger partial charge < -0.3 is 5.11 Å². The van der Waals surface area contributed by atoms with E-state index < -0.39 is 0 Å². The number of rotatable bonds is 1. The van der Waals surface area contributed by atoms with Crippen LogP contribution in [0.2, 0.25) is 5.02 Å². The second kappa shape index (κ2) is 3.55. The number of ketones is 1. The van der Waals surface area contributed by atoms with Crippen molar-refractivity contribution in [3.05, 3.63) is 40.9 Å². The van der Waals surface area contributed by atoms with Crippen molar-refractivity contribution in [3.8, 4) is 5.75 Å². The Morgan fingerprint density at radius 3 is 2.67 bits per heavy atom. The summed E-state index contributed by atoms with van der Waals surface area (Å²) >= 11 is 5.97. The molecule has 1 N–H and O–H groups in total. The highest BCUT2D eigenvalue weighted by molar-refractivity contribution is 6.35. The van der Waals surface area contributed by atoms with Gasteiger partial charge in [0.2, 0.25) is 0 Å². The Morgan fingerprint density at radius 2 is 2.00 bits per heavy atom. The first-order valence-electron chi connectivity index (χ1n) is 4.51. The zero-order valence-corrected chi connectivity index (χ0v) is 8.88. The van der Waals surface area contributed by atoms with Gasteiger partial charge in [-0.05, 0) is 30.5 Å². The Balaban J connectivity index is 2.76. The number of fused-ring (bicyclic) bond motifs is 1. The van der Waals surface area contributed by atoms with Gasteiger partial charge in [-0.3, -0.25) is 4.79 Å². The summed E-state index contributed by atoms with van der Waals surface area (Å²) in [7, 11) is 0. The van der Waals surface area contributed by atoms with Gasteiger partial charge in [-0.2, -0.15) is 0 Å². The third kappa shape index (κ3) is 1.81. The molecule has 0 amide bonds. The number of phenols is 1. The van der Waals surface area contributed by atoms with Crippen LogP contribution in [-0.4, -0.2) is 10.9 Å². The summed E-state index contributed by atoms with van der Waals surface area (Å²) in [6, 6.07) is 8.32. The van der Waals surface area contributed by atoms with Gasteiger partial charge in [-0.15, -0.1) is 0 Å². The summed E-state index contributed by atoms with van der Waals surface area (Å²) in [5.74, 6) is 0.129. The first-order valence-corrected chi connectivity index (χ1v) is 4.89. The van der Waals surface area contributed by atoms with Gasteiger partial charge in [-0.25, -0.2) is 0 Å². The Labute approximate surface area is 92.1 Å². The molecule has 2 aromatic rings. The average molecular weight is 221 g/mol. The third-order valence-corrected chi connectivity index (χ3v) is 2.61. The molecular formula is C12H9ClO2. The standard InChI is InChI=1S/C12H9ClO2/c1-7(14)8-2-3-9-4-10(15)6-12(13)11(9)5-8/h2-6,15H,1H3. The zero-order valence-electron chi connectivity index (χ0n) is 8.12. The van der Waals surface area contributed by atoms with Gasteiger partial charge in [0.1, 0.15) is 5.75 Å². The molecule has 0 aromatic heterocycles. The monoisotopic (exact) mass is 220 g/mol. The van der Waals surface area contributed by atoms with E-state index in [1.54, 1.807) is 24.3 Å². The average Bonchev–Trinajstić information content (AvgIpc) is 2.16. The lowest BCUT2D eigenvalue weighted by Gasteiger charge is -2.03. The van der Waals surface area contributed by atoms with E-state index >= 15 is 0 Å². The maximum Gasteiger partial charge on any atom is 0.159 e. The normalized spacial score (nSPS) is 10.5. The van der Waals surface area contributed by atoms with Crippen LogP contribution in [0.25, 0.3) is 10.8 Å². The van der Waals surface area contributed by atoms with E-state index in [1.165, 1.54) is 13.0 Å². The molecule has 0 atom stereocenters. The predicted molar refractivity (Wildman–Crippen MR) is 60.6 cm³/mol. The Hall–Kier alpha value is -1.54. The van der Waals surface area contributed by atoms with Crippen LogP contribution < -0.4 is 0 Å². The fraction of sp³-hybridized carbons (Fsp3) is 0.0833. The summed E-state index contributed by atoms with van der Waals surface area (Å²) in [5, 5.41) is 11.4. The van der Waals surface area contributed by atoms with E-state index in [-0.39, 0.29) is 11.5 Å². The fourth-order valence-electron chi connectivity index (χ4n) is 1.52. The van der Waals surface area contributed by atoms with Crippen LogP contribution in [0.15, 0.2) is 30.3 Å². The van der Waals surface area contributed by atoms with E-state index in [0.29, 0.717) is 10.6 Å². The number of benzene rings is 2. The van der Waals surface area contributed by atoms with Crippen molar-refractivity contribution in [2.75, 3.05) is 0 Å². The molecule has 0 aliphatic heterocycles. The van der Waals surface area contributed by atoms with E-state index in [1.807, 2.05) is 0 Å². The number of aromatic hydroxyl groups is 1. The first-order chi connectivity index (χ1) is 7.08. The van der Waals surface area contributed by atoms with E-state index in [0.717, 1.165) is 10.8 Å². The minimum atomic E-state index is 0.000965. The topological polar surface area (TPSA) is 37.3 Å². The van der Waals surface area contributed by atoms with Crippen LogP contribution in [0.5, 0.6) is 5.75 Å². The quantitative estimate of drug-likeness (QED) is 0.748. The molecule has 2 nitrogen and oxygen atoms in total. The van der Waals surface area contributed by atoms with Crippen LogP contribution in [-0.2, 0) is 0 Å². The van der Waals surface area contributed by atoms with Gasteiger partial charge in [0.15, 0.2) is 5.78 Å². The number of halogens is 1. The van der Waals surface area contributed by atoms with E-state index in [4.69, 9.17) is 11.6 Å². The highest BCUT2D eigenvalue weighted by atomic mass is 35.5. The summed E-state index contributed by atoms with van der Waals surface area (Å²) < 4.78 is 0. The summed E-state index contributed by atoms with van der Waals surface area (Å²) in [5.41, 5.74) is 0.620. The third-order valence-electron chi connectivity index (χ3n) is 2.30. The van der Waals surface area contributed by atoms with Crippen molar-refractivity contribution in [1.82, 2.24) is 0 Å². The number of carbonyl (C=O) groups is 1. The van der Waals surface area contributed by atoms with Crippen molar-refractivity contribution in [2.24, 2.45) is 0 Å². The lowest BCUT2D eigenvalue weighted by molar-refractivity contribution is 0.101. The predicted octanol–water partition coefficient (Wildman–Crippen LogP) is 3.40. The lowest BCUT2D eigenvalue weighted by atomic mass is 10.0. The second-order valence-electron chi connectivity index (χ2n) is 3.42. The van der Waals surface area contributed by atoms with Crippen molar-refractivity contribution >= 4 is 28.2 Å². The molecule has 0 aliphatic rings. The Bertz CT molecular complexity index is 547. The Morgan fingerprint density at radius 1 is 1.27 bits per heavy atom. The van der Waals surface area contributed by atoms with Gasteiger partial charge in [0, 0.05) is 10.9 Å². The van der Waals surface area contributed by atoms with E-state index in [2.05, 4.69) is 0 Å². The van der Waals surface area contributed by atoms with Gasteiger partial charge in [0.05, 0.1) is 5.02 Å². The molecule has 0 fully saturated rings. The zero-order chi connectivity index (χ0) is 11.0. The van der Waals surface area contributed by atoms with Crippen LogP contribution in [0, 0.1) is 0 Å². The minimum Gasteiger partial charge on any atom is -0.508 e. The summed E-state index contributed by atoms with van der Waals surface area (Å²) in [6.07, 6.45) is 0. The van der Waals surface area contributed by atoms with Crippen molar-refractivity contribution in [3.63, 3.8) is 0 Å². The Kier molecular flexibility index (Phi) is 2.37. The smallest absolute Gasteiger partial charge is 0.159 e. The number of carbonyl (C=O) groups excluding carboxylic acids is 1. The molecule has 0 saturated heterocycles. The summed E-state index contributed by atoms with van der Waals surface area (Å²) in [4.78, 5) is 11.2. The van der Waals surface area contributed by atoms with Crippen molar-refractivity contribution in [1.29, 1.82) is 0 Å². The second-order valence-corrected chi connectivity index (χ2v) is 3.83. The molecule has 0 bridgehead atoms. The highest BCUT2D eigenvalue weighted by Gasteiger charge is 2.05. The molecule has 76 valence electrons. The number of phenolic OH excluding ortho intramolecular Hbond substituents is 1.